The Morgan fingerprint density at radius 2 is 2.00 bits per heavy atom. The minimum Gasteiger partial charge on any atom is -0.472 e. The summed E-state index contributed by atoms with van der Waals surface area (Å²) >= 11 is 0. The molecule has 25 heavy (non-hydrogen) atoms. The Kier molecular flexibility index (Phi) is 5.15. The molecule has 1 saturated heterocycles. The summed E-state index contributed by atoms with van der Waals surface area (Å²) in [4.78, 5) is 28.7. The van der Waals surface area contributed by atoms with Crippen molar-refractivity contribution in [2.24, 2.45) is 0 Å². The zero-order chi connectivity index (χ0) is 17.9. The molecule has 0 atom stereocenters. The van der Waals surface area contributed by atoms with E-state index in [2.05, 4.69) is 10.4 Å². The molecule has 2 amide bonds. The van der Waals surface area contributed by atoms with E-state index < -0.39 is 18.6 Å². The maximum absolute atomic E-state index is 12.9. The summed E-state index contributed by atoms with van der Waals surface area (Å²) in [6, 6.07) is 2.86. The lowest BCUT2D eigenvalue weighted by atomic mass is 9.87. The maximum Gasteiger partial charge on any atom is 0.274 e. The van der Waals surface area contributed by atoms with Crippen molar-refractivity contribution in [3.8, 4) is 5.88 Å². The molecular weight excluding hydrogens is 332 g/mol. The van der Waals surface area contributed by atoms with Crippen LogP contribution in [-0.2, 0) is 4.79 Å². The van der Waals surface area contributed by atoms with Gasteiger partial charge in [-0.25, -0.2) is 18.8 Å². The molecule has 1 N–H and O–H groups in total. The Bertz CT molecular complexity index is 629. The van der Waals surface area contributed by atoms with Gasteiger partial charge >= 0.3 is 0 Å². The predicted molar refractivity (Wildman–Crippen MR) is 85.1 cm³/mol. The summed E-state index contributed by atoms with van der Waals surface area (Å²) in [7, 11) is 0. The number of nitrogens with one attached hydrogen (secondary N) is 1. The van der Waals surface area contributed by atoms with Gasteiger partial charge in [0.05, 0.1) is 17.5 Å². The van der Waals surface area contributed by atoms with Crippen LogP contribution in [0.2, 0.25) is 0 Å². The monoisotopic (exact) mass is 353 g/mol. The van der Waals surface area contributed by atoms with E-state index in [-0.39, 0.29) is 23.3 Å². The lowest BCUT2D eigenvalue weighted by Gasteiger charge is -2.36. The number of rotatable bonds is 4. The van der Waals surface area contributed by atoms with Crippen molar-refractivity contribution < 1.29 is 23.1 Å². The lowest BCUT2D eigenvalue weighted by Crippen LogP contribution is -2.51. The van der Waals surface area contributed by atoms with Gasteiger partial charge in [-0.2, -0.15) is 0 Å². The number of hydrogen-bond acceptors (Lipinski definition) is 4. The summed E-state index contributed by atoms with van der Waals surface area (Å²) in [6.45, 7) is -0.744. The van der Waals surface area contributed by atoms with Gasteiger partial charge in [-0.05, 0) is 18.9 Å². The number of halogens is 2. The quantitative estimate of drug-likeness (QED) is 0.903. The normalized spacial score (nSPS) is 19.8. The molecule has 1 aliphatic heterocycles. The molecule has 2 aliphatic rings. The van der Waals surface area contributed by atoms with E-state index in [1.165, 1.54) is 23.3 Å². The Morgan fingerprint density at radius 1 is 1.28 bits per heavy atom. The molecule has 1 saturated carbocycles. The SMILES string of the molecule is O=C1CC2(CCCCCC2)N(C(=O)c2ccc(OCC(F)F)nc2)N1. The van der Waals surface area contributed by atoms with Crippen LogP contribution in [0.3, 0.4) is 0 Å². The fourth-order valence-corrected chi connectivity index (χ4v) is 3.58. The first kappa shape index (κ1) is 17.6. The van der Waals surface area contributed by atoms with Crippen LogP contribution in [0.1, 0.15) is 55.3 Å². The van der Waals surface area contributed by atoms with Gasteiger partial charge in [-0.15, -0.1) is 0 Å². The summed E-state index contributed by atoms with van der Waals surface area (Å²) in [5.74, 6) is -0.452. The maximum atomic E-state index is 12.9. The molecule has 0 unspecified atom stereocenters. The summed E-state index contributed by atoms with van der Waals surface area (Å²) in [6.07, 6.45) is 4.79. The van der Waals surface area contributed by atoms with E-state index in [0.29, 0.717) is 6.42 Å². The molecule has 6 nitrogen and oxygen atoms in total. The third-order valence-electron chi connectivity index (χ3n) is 4.78. The third-order valence-corrected chi connectivity index (χ3v) is 4.78. The van der Waals surface area contributed by atoms with Crippen molar-refractivity contribution in [1.82, 2.24) is 15.4 Å². The Labute approximate surface area is 144 Å². The number of pyridine rings is 1. The highest BCUT2D eigenvalue weighted by molar-refractivity contribution is 5.97. The number of nitrogens with zero attached hydrogens (tertiary/aromatic N) is 2. The van der Waals surface area contributed by atoms with E-state index in [0.717, 1.165) is 38.5 Å². The summed E-state index contributed by atoms with van der Waals surface area (Å²) in [5, 5.41) is 1.46. The van der Waals surface area contributed by atoms with Crippen LogP contribution in [0.25, 0.3) is 0 Å². The van der Waals surface area contributed by atoms with Crippen LogP contribution in [0.5, 0.6) is 5.88 Å². The molecule has 3 rings (SSSR count). The van der Waals surface area contributed by atoms with Gasteiger partial charge in [-0.3, -0.25) is 15.0 Å². The molecule has 1 aromatic heterocycles. The second-order valence-electron chi connectivity index (χ2n) is 6.58. The predicted octanol–water partition coefficient (Wildman–Crippen LogP) is 2.70. The van der Waals surface area contributed by atoms with Crippen LogP contribution >= 0.6 is 0 Å². The molecule has 8 heteroatoms. The summed E-state index contributed by atoms with van der Waals surface area (Å²) < 4.78 is 29.1. The zero-order valence-electron chi connectivity index (χ0n) is 13.8. The van der Waals surface area contributed by atoms with Gasteiger partial charge in [0.25, 0.3) is 12.3 Å². The standard InChI is InChI=1S/C17H21F2N3O3/c18-13(19)11-25-15-6-5-12(10-20-15)16(24)22-17(9-14(23)21-22)7-3-1-2-4-8-17/h5-6,10,13H,1-4,7-9,11H2,(H,21,23). The molecule has 1 spiro atoms. The molecule has 0 bridgehead atoms. The topological polar surface area (TPSA) is 71.5 Å². The van der Waals surface area contributed by atoms with Crippen molar-refractivity contribution >= 4 is 11.8 Å². The van der Waals surface area contributed by atoms with Crippen molar-refractivity contribution in [2.45, 2.75) is 56.9 Å². The van der Waals surface area contributed by atoms with Crippen LogP contribution in [-0.4, -0.2) is 40.4 Å². The Hall–Kier alpha value is -2.25. The number of carbonyl (C=O) groups excluding carboxylic acids is 2. The highest BCUT2D eigenvalue weighted by Gasteiger charge is 2.47. The van der Waals surface area contributed by atoms with E-state index in [4.69, 9.17) is 4.74 Å². The van der Waals surface area contributed by atoms with Gasteiger partial charge in [0.1, 0.15) is 0 Å². The van der Waals surface area contributed by atoms with E-state index in [1.807, 2.05) is 0 Å². The van der Waals surface area contributed by atoms with Gasteiger partial charge < -0.3 is 4.74 Å². The van der Waals surface area contributed by atoms with Crippen LogP contribution in [0.4, 0.5) is 8.78 Å². The molecule has 0 radical (unpaired) electrons. The highest BCUT2D eigenvalue weighted by Crippen LogP contribution is 2.38. The van der Waals surface area contributed by atoms with E-state index in [9.17, 15) is 18.4 Å². The van der Waals surface area contributed by atoms with Gasteiger partial charge in [0.2, 0.25) is 11.8 Å². The van der Waals surface area contributed by atoms with E-state index in [1.54, 1.807) is 0 Å². The Morgan fingerprint density at radius 3 is 2.60 bits per heavy atom. The Balaban J connectivity index is 1.75. The van der Waals surface area contributed by atoms with E-state index >= 15 is 0 Å². The van der Waals surface area contributed by atoms with Gasteiger partial charge in [-0.1, -0.05) is 25.7 Å². The fraction of sp³-hybridized carbons (Fsp3) is 0.588. The van der Waals surface area contributed by atoms with Crippen molar-refractivity contribution in [3.05, 3.63) is 23.9 Å². The van der Waals surface area contributed by atoms with Crippen LogP contribution in [0.15, 0.2) is 18.3 Å². The number of hydrogen-bond donors (Lipinski definition) is 1. The molecule has 1 aromatic rings. The van der Waals surface area contributed by atoms with Crippen LogP contribution < -0.4 is 10.2 Å². The highest BCUT2D eigenvalue weighted by atomic mass is 19.3. The molecule has 136 valence electrons. The minimum atomic E-state index is -2.59. The molecular formula is C17H21F2N3O3. The second-order valence-corrected chi connectivity index (χ2v) is 6.58. The number of alkyl halides is 2. The molecule has 2 heterocycles. The first-order valence-electron chi connectivity index (χ1n) is 8.51. The average Bonchev–Trinajstić information content (AvgIpc) is 2.76. The summed E-state index contributed by atoms with van der Waals surface area (Å²) in [5.41, 5.74) is 2.49. The number of amides is 2. The first-order valence-corrected chi connectivity index (χ1v) is 8.51. The van der Waals surface area contributed by atoms with Crippen molar-refractivity contribution in [2.75, 3.05) is 6.61 Å². The fourth-order valence-electron chi connectivity index (χ4n) is 3.58. The second kappa shape index (κ2) is 7.33. The third kappa shape index (κ3) is 3.88. The number of carbonyl (C=O) groups is 2. The van der Waals surface area contributed by atoms with Gasteiger partial charge in [0.15, 0.2) is 6.61 Å². The van der Waals surface area contributed by atoms with Crippen LogP contribution in [0, 0.1) is 0 Å². The smallest absolute Gasteiger partial charge is 0.274 e. The molecule has 0 aromatic carbocycles. The van der Waals surface area contributed by atoms with Gasteiger partial charge in [0, 0.05) is 12.3 Å². The number of aromatic nitrogens is 1. The average molecular weight is 353 g/mol. The minimum absolute atomic E-state index is 0.0338. The zero-order valence-corrected chi connectivity index (χ0v) is 13.8. The lowest BCUT2D eigenvalue weighted by molar-refractivity contribution is -0.120. The van der Waals surface area contributed by atoms with Crippen molar-refractivity contribution in [1.29, 1.82) is 0 Å². The number of ether oxygens (including phenoxy) is 1. The number of hydrazine groups is 1. The van der Waals surface area contributed by atoms with Crippen molar-refractivity contribution in [3.63, 3.8) is 0 Å². The molecule has 1 aliphatic carbocycles. The first-order chi connectivity index (χ1) is 12.0. The largest absolute Gasteiger partial charge is 0.472 e. The molecule has 2 fully saturated rings.